The minimum Gasteiger partial charge on any atom is -0.369 e. The number of piperazine rings is 1. The normalized spacial score (nSPS) is 20.3. The molecule has 4 rings (SSSR count). The molecule has 1 saturated heterocycles. The Balaban J connectivity index is 1.61. The first-order valence-corrected chi connectivity index (χ1v) is 12.3. The zero-order valence-electron chi connectivity index (χ0n) is 18.2. The first kappa shape index (κ1) is 23.1. The highest BCUT2D eigenvalue weighted by Crippen LogP contribution is 2.36. The van der Waals surface area contributed by atoms with Gasteiger partial charge in [-0.05, 0) is 68.1 Å². The molecule has 0 unspecified atom stereocenters. The lowest BCUT2D eigenvalue weighted by Gasteiger charge is -2.37. The second kappa shape index (κ2) is 8.68. The van der Waals surface area contributed by atoms with Crippen LogP contribution in [0.15, 0.2) is 41.3 Å². The number of benzene rings is 2. The predicted octanol–water partition coefficient (Wildman–Crippen LogP) is 3.60. The van der Waals surface area contributed by atoms with Gasteiger partial charge in [-0.1, -0.05) is 18.2 Å². The fourth-order valence-corrected chi connectivity index (χ4v) is 6.20. The number of anilines is 1. The van der Waals surface area contributed by atoms with Crippen LogP contribution in [0.25, 0.3) is 0 Å². The Bertz CT molecular complexity index is 1090. The molecule has 0 amide bonds. The molecule has 1 heterocycles. The minimum absolute atomic E-state index is 0.457. The second-order valence-corrected chi connectivity index (χ2v) is 10.4. The van der Waals surface area contributed by atoms with Crippen LogP contribution in [0.3, 0.4) is 0 Å². The second-order valence-electron chi connectivity index (χ2n) is 8.70. The van der Waals surface area contributed by atoms with E-state index in [1.807, 2.05) is 0 Å². The number of alkyl halides is 3. The number of likely N-dealkylation sites (N-methyl/N-ethyl adjacent to an activating group) is 1. The molecule has 1 fully saturated rings. The zero-order valence-corrected chi connectivity index (χ0v) is 19.1. The summed E-state index contributed by atoms with van der Waals surface area (Å²) in [6.45, 7) is 5.74. The van der Waals surface area contributed by atoms with E-state index in [1.54, 1.807) is 0 Å². The number of fused-ring (bicyclic) bond motifs is 1. The molecule has 1 atom stereocenters. The first-order valence-electron chi connectivity index (χ1n) is 10.8. The fourth-order valence-electron chi connectivity index (χ4n) is 4.70. The third kappa shape index (κ3) is 4.65. The molecule has 1 N–H and O–H groups in total. The van der Waals surface area contributed by atoms with E-state index in [0.29, 0.717) is 19.3 Å². The van der Waals surface area contributed by atoms with Gasteiger partial charge in [0.15, 0.2) is 0 Å². The molecular weight excluding hydrogens is 439 g/mol. The minimum atomic E-state index is -4.74. The van der Waals surface area contributed by atoms with Crippen molar-refractivity contribution in [1.82, 2.24) is 9.62 Å². The lowest BCUT2D eigenvalue weighted by atomic mass is 9.84. The van der Waals surface area contributed by atoms with Gasteiger partial charge in [-0.25, -0.2) is 13.1 Å². The van der Waals surface area contributed by atoms with Crippen LogP contribution < -0.4 is 9.62 Å². The van der Waals surface area contributed by atoms with Crippen molar-refractivity contribution in [3.05, 3.63) is 58.7 Å². The molecule has 1 aliphatic heterocycles. The molecule has 0 radical (unpaired) electrons. The average Bonchev–Trinajstić information content (AvgIpc) is 2.74. The van der Waals surface area contributed by atoms with Crippen molar-refractivity contribution in [2.45, 2.75) is 43.3 Å². The van der Waals surface area contributed by atoms with Gasteiger partial charge in [0.1, 0.15) is 0 Å². The summed E-state index contributed by atoms with van der Waals surface area (Å²) < 4.78 is 68.6. The molecule has 5 nitrogen and oxygen atoms in total. The maximum Gasteiger partial charge on any atom is 0.417 e. The molecule has 1 aliphatic carbocycles. The predicted molar refractivity (Wildman–Crippen MR) is 118 cm³/mol. The maximum absolute atomic E-state index is 13.4. The van der Waals surface area contributed by atoms with Gasteiger partial charge in [0.25, 0.3) is 0 Å². The summed E-state index contributed by atoms with van der Waals surface area (Å²) in [5, 5.41) is 0. The van der Waals surface area contributed by atoms with E-state index in [4.69, 9.17) is 0 Å². The third-order valence-electron chi connectivity index (χ3n) is 6.48. The van der Waals surface area contributed by atoms with E-state index in [2.05, 4.69) is 40.6 Å². The fraction of sp³-hybridized carbons (Fsp3) is 0.478. The molecule has 0 aromatic heterocycles. The highest BCUT2D eigenvalue weighted by Gasteiger charge is 2.38. The number of nitrogens with one attached hydrogen (secondary N) is 1. The first-order chi connectivity index (χ1) is 15.1. The van der Waals surface area contributed by atoms with Crippen molar-refractivity contribution in [1.29, 1.82) is 0 Å². The van der Waals surface area contributed by atoms with E-state index in [-0.39, 0.29) is 0 Å². The molecule has 2 aromatic carbocycles. The SMILES string of the molecule is Cc1ccc(N2CCN(C)CC2)c2c1CC[C@@H](NS(=O)(=O)c1ccccc1C(F)(F)F)C2. The molecule has 2 aromatic rings. The van der Waals surface area contributed by atoms with Gasteiger partial charge in [-0.3, -0.25) is 0 Å². The van der Waals surface area contributed by atoms with E-state index >= 15 is 0 Å². The van der Waals surface area contributed by atoms with Gasteiger partial charge >= 0.3 is 6.18 Å². The lowest BCUT2D eigenvalue weighted by molar-refractivity contribution is -0.139. The smallest absolute Gasteiger partial charge is 0.369 e. The van der Waals surface area contributed by atoms with Gasteiger partial charge in [0.05, 0.1) is 10.5 Å². The van der Waals surface area contributed by atoms with Crippen LogP contribution in [0.5, 0.6) is 0 Å². The number of rotatable bonds is 4. The van der Waals surface area contributed by atoms with Crippen molar-refractivity contribution >= 4 is 15.7 Å². The van der Waals surface area contributed by atoms with E-state index in [1.165, 1.54) is 23.3 Å². The number of aryl methyl sites for hydroxylation is 1. The molecule has 0 saturated carbocycles. The summed E-state index contributed by atoms with van der Waals surface area (Å²) in [5.41, 5.74) is 3.47. The van der Waals surface area contributed by atoms with Crippen LogP contribution in [0.2, 0.25) is 0 Å². The Kier molecular flexibility index (Phi) is 6.26. The topological polar surface area (TPSA) is 52.6 Å². The molecule has 2 aliphatic rings. The standard InChI is InChI=1S/C23H28F3N3O2S/c1-16-7-10-21(29-13-11-28(2)12-14-29)19-15-17(8-9-18(16)19)27-32(30,31)22-6-4-3-5-20(22)23(24,25)26/h3-7,10,17,27H,8-9,11-15H2,1-2H3/t17-/m1/s1. The Morgan fingerprint density at radius 1 is 1.00 bits per heavy atom. The number of nitrogens with zero attached hydrogens (tertiary/aromatic N) is 2. The number of sulfonamides is 1. The third-order valence-corrected chi connectivity index (χ3v) is 8.06. The van der Waals surface area contributed by atoms with Gasteiger partial charge in [0.2, 0.25) is 10.0 Å². The number of hydrogen-bond acceptors (Lipinski definition) is 4. The van der Waals surface area contributed by atoms with Gasteiger partial charge in [-0.15, -0.1) is 0 Å². The van der Waals surface area contributed by atoms with Gasteiger partial charge in [0, 0.05) is 37.9 Å². The Hall–Kier alpha value is -2.10. The Morgan fingerprint density at radius 2 is 1.69 bits per heavy atom. The Morgan fingerprint density at radius 3 is 2.38 bits per heavy atom. The molecule has 0 spiro atoms. The van der Waals surface area contributed by atoms with Crippen LogP contribution >= 0.6 is 0 Å². The summed E-state index contributed by atoms with van der Waals surface area (Å²) in [4.78, 5) is 3.88. The van der Waals surface area contributed by atoms with Crippen LogP contribution in [0, 0.1) is 6.92 Å². The molecular formula is C23H28F3N3O2S. The van der Waals surface area contributed by atoms with E-state index in [9.17, 15) is 21.6 Å². The van der Waals surface area contributed by atoms with Crippen molar-refractivity contribution in [2.75, 3.05) is 38.1 Å². The summed E-state index contributed by atoms with van der Waals surface area (Å²) in [7, 11) is -2.23. The van der Waals surface area contributed by atoms with Crippen LogP contribution in [0.4, 0.5) is 18.9 Å². The summed E-state index contributed by atoms with van der Waals surface area (Å²) in [6, 6.07) is 8.08. The van der Waals surface area contributed by atoms with Crippen molar-refractivity contribution in [2.24, 2.45) is 0 Å². The van der Waals surface area contributed by atoms with Crippen LogP contribution in [-0.2, 0) is 29.0 Å². The molecule has 9 heteroatoms. The average molecular weight is 468 g/mol. The monoisotopic (exact) mass is 467 g/mol. The maximum atomic E-state index is 13.4. The summed E-state index contributed by atoms with van der Waals surface area (Å²) in [5.74, 6) is 0. The van der Waals surface area contributed by atoms with Gasteiger partial charge < -0.3 is 9.80 Å². The van der Waals surface area contributed by atoms with Crippen molar-refractivity contribution < 1.29 is 21.6 Å². The summed E-state index contributed by atoms with van der Waals surface area (Å²) in [6.07, 6.45) is -3.04. The van der Waals surface area contributed by atoms with Gasteiger partial charge in [-0.2, -0.15) is 13.2 Å². The van der Waals surface area contributed by atoms with E-state index < -0.39 is 32.7 Å². The number of hydrogen-bond donors (Lipinski definition) is 1. The highest BCUT2D eigenvalue weighted by molar-refractivity contribution is 7.89. The number of halogens is 3. The van der Waals surface area contributed by atoms with Crippen LogP contribution in [0.1, 0.15) is 28.7 Å². The quantitative estimate of drug-likeness (QED) is 0.747. The lowest BCUT2D eigenvalue weighted by Crippen LogP contribution is -2.45. The molecule has 32 heavy (non-hydrogen) atoms. The zero-order chi connectivity index (χ0) is 23.1. The van der Waals surface area contributed by atoms with Crippen molar-refractivity contribution in [3.8, 4) is 0 Å². The van der Waals surface area contributed by atoms with Crippen molar-refractivity contribution in [3.63, 3.8) is 0 Å². The Labute approximate surface area is 187 Å². The summed E-state index contributed by atoms with van der Waals surface area (Å²) >= 11 is 0. The highest BCUT2D eigenvalue weighted by atomic mass is 32.2. The van der Waals surface area contributed by atoms with E-state index in [0.717, 1.165) is 49.6 Å². The van der Waals surface area contributed by atoms with Crippen LogP contribution in [-0.4, -0.2) is 52.6 Å². The molecule has 174 valence electrons. The molecule has 0 bridgehead atoms. The largest absolute Gasteiger partial charge is 0.417 e.